The Morgan fingerprint density at radius 2 is 1.59 bits per heavy atom. The molecule has 0 atom stereocenters. The number of carboxylic acids is 1. The number of rotatable bonds is 5. The molecule has 0 unspecified atom stereocenters. The molecule has 7 nitrogen and oxygen atoms in total. The Balaban J connectivity index is 1.58. The topological polar surface area (TPSA) is 83.0 Å². The van der Waals surface area contributed by atoms with E-state index in [0.717, 1.165) is 18.8 Å². The molecule has 1 N–H and O–H groups in total. The number of ether oxygens (including phenoxy) is 1. The molecule has 0 spiro atoms. The van der Waals surface area contributed by atoms with Gasteiger partial charge in [0.2, 0.25) is 0 Å². The van der Waals surface area contributed by atoms with Crippen molar-refractivity contribution in [3.63, 3.8) is 0 Å². The minimum Gasteiger partial charge on any atom is -0.478 e. The summed E-state index contributed by atoms with van der Waals surface area (Å²) >= 11 is 0. The van der Waals surface area contributed by atoms with Crippen LogP contribution in [0.2, 0.25) is 0 Å². The van der Waals surface area contributed by atoms with Gasteiger partial charge in [0, 0.05) is 49.8 Å². The molecule has 27 heavy (non-hydrogen) atoms. The van der Waals surface area contributed by atoms with Crippen molar-refractivity contribution in [3.8, 4) is 5.75 Å². The predicted molar refractivity (Wildman–Crippen MR) is 101 cm³/mol. The molecule has 1 aliphatic rings. The van der Waals surface area contributed by atoms with Crippen LogP contribution in [0.15, 0.2) is 48.8 Å². The quantitative estimate of drug-likeness (QED) is 0.871. The number of benzene rings is 1. The summed E-state index contributed by atoms with van der Waals surface area (Å²) in [7, 11) is 0. The first-order valence-electron chi connectivity index (χ1n) is 8.83. The number of hydrogen-bond donors (Lipinski definition) is 1. The molecule has 2 aromatic rings. The number of carboxylic acid groups (broad SMARTS) is 1. The Labute approximate surface area is 158 Å². The SMILES string of the molecule is CC(C)(Oc1ccc(N2CCN(C(=O)c3ccncc3)CC2)cc1)C(=O)O. The van der Waals surface area contributed by atoms with Crippen LogP contribution in [0.5, 0.6) is 5.75 Å². The van der Waals surface area contributed by atoms with Gasteiger partial charge in [-0.05, 0) is 50.2 Å². The van der Waals surface area contributed by atoms with Crippen molar-refractivity contribution < 1.29 is 19.4 Å². The second-order valence-electron chi connectivity index (χ2n) is 6.93. The second-order valence-corrected chi connectivity index (χ2v) is 6.93. The maximum atomic E-state index is 12.5. The van der Waals surface area contributed by atoms with Crippen molar-refractivity contribution in [2.45, 2.75) is 19.4 Å². The predicted octanol–water partition coefficient (Wildman–Crippen LogP) is 2.29. The lowest BCUT2D eigenvalue weighted by Gasteiger charge is -2.36. The van der Waals surface area contributed by atoms with Gasteiger partial charge in [-0.1, -0.05) is 0 Å². The summed E-state index contributed by atoms with van der Waals surface area (Å²) in [6.07, 6.45) is 3.25. The van der Waals surface area contributed by atoms with E-state index in [9.17, 15) is 9.59 Å². The van der Waals surface area contributed by atoms with Crippen molar-refractivity contribution >= 4 is 17.6 Å². The van der Waals surface area contributed by atoms with Gasteiger partial charge in [-0.2, -0.15) is 0 Å². The van der Waals surface area contributed by atoms with Gasteiger partial charge in [0.1, 0.15) is 5.75 Å². The highest BCUT2D eigenvalue weighted by atomic mass is 16.5. The number of nitrogens with zero attached hydrogens (tertiary/aromatic N) is 3. The molecule has 1 aliphatic heterocycles. The normalized spacial score (nSPS) is 14.7. The molecule has 3 rings (SSSR count). The summed E-state index contributed by atoms with van der Waals surface area (Å²) in [6, 6.07) is 10.8. The number of amides is 1. The van der Waals surface area contributed by atoms with Crippen molar-refractivity contribution in [1.82, 2.24) is 9.88 Å². The summed E-state index contributed by atoms with van der Waals surface area (Å²) in [6.45, 7) is 5.79. The number of aliphatic carboxylic acids is 1. The Kier molecular flexibility index (Phi) is 5.30. The molecule has 0 radical (unpaired) electrons. The van der Waals surface area contributed by atoms with Gasteiger partial charge in [-0.25, -0.2) is 4.79 Å². The highest BCUT2D eigenvalue weighted by Gasteiger charge is 2.29. The number of carbonyl (C=O) groups is 2. The number of anilines is 1. The Bertz CT molecular complexity index is 798. The van der Waals surface area contributed by atoms with E-state index >= 15 is 0 Å². The summed E-state index contributed by atoms with van der Waals surface area (Å²) in [5.41, 5.74) is 0.396. The van der Waals surface area contributed by atoms with E-state index in [1.807, 2.05) is 17.0 Å². The van der Waals surface area contributed by atoms with Crippen molar-refractivity contribution in [1.29, 1.82) is 0 Å². The lowest BCUT2D eigenvalue weighted by Crippen LogP contribution is -2.48. The minimum atomic E-state index is -1.28. The smallest absolute Gasteiger partial charge is 0.347 e. The van der Waals surface area contributed by atoms with Crippen LogP contribution < -0.4 is 9.64 Å². The largest absolute Gasteiger partial charge is 0.478 e. The van der Waals surface area contributed by atoms with Crippen molar-refractivity contribution in [2.24, 2.45) is 0 Å². The van der Waals surface area contributed by atoms with E-state index in [2.05, 4.69) is 9.88 Å². The molecule has 0 bridgehead atoms. The third-order valence-corrected chi connectivity index (χ3v) is 4.58. The fourth-order valence-electron chi connectivity index (χ4n) is 2.91. The van der Waals surface area contributed by atoms with Gasteiger partial charge in [0.05, 0.1) is 0 Å². The Morgan fingerprint density at radius 1 is 1.00 bits per heavy atom. The van der Waals surface area contributed by atoms with Gasteiger partial charge in [0.15, 0.2) is 5.60 Å². The molecule has 0 saturated carbocycles. The third-order valence-electron chi connectivity index (χ3n) is 4.58. The first-order valence-corrected chi connectivity index (χ1v) is 8.83. The molecule has 1 amide bonds. The minimum absolute atomic E-state index is 0.0247. The van der Waals surface area contributed by atoms with Crippen LogP contribution in [0.3, 0.4) is 0 Å². The summed E-state index contributed by atoms with van der Waals surface area (Å²) in [5, 5.41) is 9.14. The van der Waals surface area contributed by atoms with Gasteiger partial charge < -0.3 is 19.6 Å². The Morgan fingerprint density at radius 3 is 2.15 bits per heavy atom. The highest BCUT2D eigenvalue weighted by molar-refractivity contribution is 5.94. The van der Waals surface area contributed by atoms with Crippen LogP contribution in [0.4, 0.5) is 5.69 Å². The van der Waals surface area contributed by atoms with Crippen LogP contribution in [-0.4, -0.2) is 58.6 Å². The molecule has 1 aromatic heterocycles. The summed E-state index contributed by atoms with van der Waals surface area (Å²) in [4.78, 5) is 31.6. The van der Waals surface area contributed by atoms with E-state index in [0.29, 0.717) is 24.4 Å². The standard InChI is InChI=1S/C20H23N3O4/c1-20(2,19(25)26)27-17-5-3-16(4-6-17)22-11-13-23(14-12-22)18(24)15-7-9-21-10-8-15/h3-10H,11-14H2,1-2H3,(H,25,26). The lowest BCUT2D eigenvalue weighted by molar-refractivity contribution is -0.152. The maximum absolute atomic E-state index is 12.5. The first-order chi connectivity index (χ1) is 12.9. The van der Waals surface area contributed by atoms with Gasteiger partial charge in [-0.15, -0.1) is 0 Å². The molecule has 1 aromatic carbocycles. The van der Waals surface area contributed by atoms with Crippen molar-refractivity contribution in [3.05, 3.63) is 54.4 Å². The van der Waals surface area contributed by atoms with Gasteiger partial charge in [-0.3, -0.25) is 9.78 Å². The first kappa shape index (κ1) is 18.7. The average Bonchev–Trinajstić information content (AvgIpc) is 2.68. The second kappa shape index (κ2) is 7.65. The molecule has 2 heterocycles. The number of carbonyl (C=O) groups excluding carboxylic acids is 1. The molecular formula is C20H23N3O4. The zero-order valence-electron chi connectivity index (χ0n) is 15.5. The van der Waals surface area contributed by atoms with Crippen LogP contribution in [0.1, 0.15) is 24.2 Å². The van der Waals surface area contributed by atoms with Crippen LogP contribution in [0.25, 0.3) is 0 Å². The fraction of sp³-hybridized carbons (Fsp3) is 0.350. The van der Waals surface area contributed by atoms with Gasteiger partial charge in [0.25, 0.3) is 5.91 Å². The van der Waals surface area contributed by atoms with E-state index in [-0.39, 0.29) is 5.91 Å². The molecule has 1 saturated heterocycles. The van der Waals surface area contributed by atoms with E-state index in [4.69, 9.17) is 9.84 Å². The van der Waals surface area contributed by atoms with E-state index < -0.39 is 11.6 Å². The van der Waals surface area contributed by atoms with E-state index in [1.54, 1.807) is 36.7 Å². The summed E-state index contributed by atoms with van der Waals surface area (Å²) in [5.74, 6) is -0.476. The molecular weight excluding hydrogens is 346 g/mol. The van der Waals surface area contributed by atoms with Crippen LogP contribution in [0, 0.1) is 0 Å². The molecule has 0 aliphatic carbocycles. The fourth-order valence-corrected chi connectivity index (χ4v) is 2.91. The Hall–Kier alpha value is -3.09. The van der Waals surface area contributed by atoms with Crippen LogP contribution in [-0.2, 0) is 4.79 Å². The monoisotopic (exact) mass is 369 g/mol. The number of aromatic nitrogens is 1. The number of piperazine rings is 1. The number of hydrogen-bond acceptors (Lipinski definition) is 5. The van der Waals surface area contributed by atoms with E-state index in [1.165, 1.54) is 13.8 Å². The lowest BCUT2D eigenvalue weighted by atomic mass is 10.1. The molecule has 142 valence electrons. The van der Waals surface area contributed by atoms with Gasteiger partial charge >= 0.3 is 5.97 Å². The zero-order valence-corrected chi connectivity index (χ0v) is 15.5. The number of pyridine rings is 1. The zero-order chi connectivity index (χ0) is 19.4. The molecule has 1 fully saturated rings. The molecule has 7 heteroatoms. The van der Waals surface area contributed by atoms with Crippen molar-refractivity contribution in [2.75, 3.05) is 31.1 Å². The average molecular weight is 369 g/mol. The maximum Gasteiger partial charge on any atom is 0.347 e. The third kappa shape index (κ3) is 4.36. The van der Waals surface area contributed by atoms with Crippen LogP contribution >= 0.6 is 0 Å². The highest BCUT2D eigenvalue weighted by Crippen LogP contribution is 2.24. The summed E-state index contributed by atoms with van der Waals surface area (Å²) < 4.78 is 5.53.